The molecule has 0 bridgehead atoms. The number of pyridine rings is 3. The molecule has 0 saturated carbocycles. The minimum absolute atomic E-state index is 0.116. The van der Waals surface area contributed by atoms with E-state index in [1.165, 1.54) is 18.2 Å². The van der Waals surface area contributed by atoms with Crippen molar-refractivity contribution in [3.8, 4) is 28.5 Å². The fraction of sp³-hybridized carbons (Fsp3) is 0.0476. The first-order valence-corrected chi connectivity index (χ1v) is 8.71. The molecular weight excluding hydrogens is 379 g/mol. The predicted molar refractivity (Wildman–Crippen MR) is 105 cm³/mol. The van der Waals surface area contributed by atoms with Gasteiger partial charge in [-0.15, -0.1) is 0 Å². The third kappa shape index (κ3) is 3.24. The van der Waals surface area contributed by atoms with E-state index in [0.29, 0.717) is 33.1 Å². The fourth-order valence-corrected chi connectivity index (χ4v) is 3.31. The van der Waals surface area contributed by atoms with Crippen LogP contribution in [0.4, 0.5) is 4.39 Å². The molecule has 28 heavy (non-hydrogen) atoms. The van der Waals surface area contributed by atoms with Gasteiger partial charge in [0.1, 0.15) is 28.4 Å². The Morgan fingerprint density at radius 1 is 1.07 bits per heavy atom. The number of benzene rings is 1. The van der Waals surface area contributed by atoms with Crippen LogP contribution in [0.15, 0.2) is 53.3 Å². The highest BCUT2D eigenvalue weighted by molar-refractivity contribution is 6.29. The van der Waals surface area contributed by atoms with Gasteiger partial charge < -0.3 is 4.98 Å². The van der Waals surface area contributed by atoms with Gasteiger partial charge in [-0.3, -0.25) is 4.79 Å². The number of nitriles is 1. The topological polar surface area (TPSA) is 82.4 Å². The maximum absolute atomic E-state index is 13.4. The second kappa shape index (κ2) is 6.87. The lowest BCUT2D eigenvalue weighted by molar-refractivity contribution is 0.628. The van der Waals surface area contributed by atoms with Gasteiger partial charge in [-0.25, -0.2) is 14.4 Å². The number of fused-ring (bicyclic) bond motifs is 1. The summed E-state index contributed by atoms with van der Waals surface area (Å²) in [6.45, 7) is 1.81. The zero-order chi connectivity index (χ0) is 19.8. The van der Waals surface area contributed by atoms with Crippen LogP contribution in [0, 0.1) is 24.1 Å². The van der Waals surface area contributed by atoms with Crippen molar-refractivity contribution in [2.24, 2.45) is 0 Å². The second-order valence-electron chi connectivity index (χ2n) is 6.27. The second-order valence-corrected chi connectivity index (χ2v) is 6.65. The zero-order valence-electron chi connectivity index (χ0n) is 14.6. The first-order valence-electron chi connectivity index (χ1n) is 8.33. The molecule has 3 aromatic heterocycles. The number of hydrogen-bond acceptors (Lipinski definition) is 4. The largest absolute Gasteiger partial charge is 0.331 e. The predicted octanol–water partition coefficient (Wildman–Crippen LogP) is 4.62. The third-order valence-electron chi connectivity index (χ3n) is 4.29. The molecule has 0 fully saturated rings. The van der Waals surface area contributed by atoms with Gasteiger partial charge in [-0.1, -0.05) is 11.6 Å². The molecule has 0 saturated heterocycles. The molecule has 5 nitrogen and oxygen atoms in total. The molecule has 0 radical (unpaired) electrons. The molecule has 0 atom stereocenters. The third-order valence-corrected chi connectivity index (χ3v) is 4.48. The molecule has 7 heteroatoms. The van der Waals surface area contributed by atoms with E-state index in [9.17, 15) is 9.18 Å². The van der Waals surface area contributed by atoms with Crippen LogP contribution in [-0.4, -0.2) is 15.0 Å². The van der Waals surface area contributed by atoms with E-state index in [1.54, 1.807) is 24.3 Å². The summed E-state index contributed by atoms with van der Waals surface area (Å²) in [5.41, 5.74) is 3.36. The summed E-state index contributed by atoms with van der Waals surface area (Å²) in [5, 5.41) is 9.77. The lowest BCUT2D eigenvalue weighted by Crippen LogP contribution is -2.06. The molecule has 3 heterocycles. The lowest BCUT2D eigenvalue weighted by atomic mass is 9.98. The number of aryl methyl sites for hydroxylation is 1. The lowest BCUT2D eigenvalue weighted by Gasteiger charge is -2.12. The molecular formula is C21H12ClFN4O. The zero-order valence-corrected chi connectivity index (χ0v) is 15.4. The van der Waals surface area contributed by atoms with Crippen LogP contribution in [0.5, 0.6) is 0 Å². The maximum atomic E-state index is 13.4. The van der Waals surface area contributed by atoms with Gasteiger partial charge in [0, 0.05) is 22.9 Å². The molecule has 1 N–H and O–H groups in total. The number of halogens is 2. The van der Waals surface area contributed by atoms with Gasteiger partial charge in [0.15, 0.2) is 5.43 Å². The Labute approximate surface area is 164 Å². The van der Waals surface area contributed by atoms with Crippen LogP contribution in [0.1, 0.15) is 11.4 Å². The Hall–Kier alpha value is -3.56. The Morgan fingerprint density at radius 3 is 2.50 bits per heavy atom. The smallest absolute Gasteiger partial charge is 0.192 e. The molecule has 0 amide bonds. The minimum atomic E-state index is -0.367. The monoisotopic (exact) mass is 390 g/mol. The van der Waals surface area contributed by atoms with Gasteiger partial charge in [-0.05, 0) is 55.0 Å². The standard InChI is InChI=1S/C21H12ClFN4O/c1-11-6-13(7-19(22)25-11)16-9-17-18(28)8-15(10-24)26-21(17)27-20(16)12-2-4-14(23)5-3-12/h2-9H,1H3,(H,26,27,28). The summed E-state index contributed by atoms with van der Waals surface area (Å²) in [6, 6.07) is 14.3. The molecule has 1 aromatic carbocycles. The van der Waals surface area contributed by atoms with Crippen LogP contribution in [-0.2, 0) is 0 Å². The summed E-state index contributed by atoms with van der Waals surface area (Å²) < 4.78 is 13.4. The average molecular weight is 391 g/mol. The van der Waals surface area contributed by atoms with E-state index in [2.05, 4.69) is 15.0 Å². The molecule has 0 aliphatic rings. The van der Waals surface area contributed by atoms with Crippen molar-refractivity contribution in [2.45, 2.75) is 6.92 Å². The molecule has 136 valence electrons. The number of aromatic amines is 1. The van der Waals surface area contributed by atoms with Crippen molar-refractivity contribution in [1.29, 1.82) is 5.26 Å². The van der Waals surface area contributed by atoms with E-state index in [1.807, 2.05) is 19.1 Å². The summed E-state index contributed by atoms with van der Waals surface area (Å²) >= 11 is 6.12. The number of nitrogens with zero attached hydrogens (tertiary/aromatic N) is 3. The highest BCUT2D eigenvalue weighted by Crippen LogP contribution is 2.33. The normalized spacial score (nSPS) is 10.8. The molecule has 0 spiro atoms. The van der Waals surface area contributed by atoms with Gasteiger partial charge in [-0.2, -0.15) is 5.26 Å². The van der Waals surface area contributed by atoms with Crippen molar-refractivity contribution >= 4 is 22.6 Å². The van der Waals surface area contributed by atoms with E-state index >= 15 is 0 Å². The summed E-state index contributed by atoms with van der Waals surface area (Å²) in [7, 11) is 0. The van der Waals surface area contributed by atoms with Crippen molar-refractivity contribution in [2.75, 3.05) is 0 Å². The number of nitrogens with one attached hydrogen (secondary N) is 1. The van der Waals surface area contributed by atoms with Gasteiger partial charge in [0.2, 0.25) is 0 Å². The summed E-state index contributed by atoms with van der Waals surface area (Å²) in [6.07, 6.45) is 0. The molecule has 4 rings (SSSR count). The highest BCUT2D eigenvalue weighted by Gasteiger charge is 2.15. The van der Waals surface area contributed by atoms with Gasteiger partial charge in [0.25, 0.3) is 0 Å². The van der Waals surface area contributed by atoms with Crippen LogP contribution in [0.2, 0.25) is 5.15 Å². The van der Waals surface area contributed by atoms with E-state index in [0.717, 1.165) is 5.56 Å². The summed E-state index contributed by atoms with van der Waals surface area (Å²) in [4.78, 5) is 24.1. The molecule has 0 aliphatic heterocycles. The molecule has 0 aliphatic carbocycles. The number of H-pyrrole nitrogens is 1. The average Bonchev–Trinajstić information content (AvgIpc) is 2.67. The van der Waals surface area contributed by atoms with E-state index < -0.39 is 0 Å². The van der Waals surface area contributed by atoms with Crippen LogP contribution in [0.25, 0.3) is 33.4 Å². The number of aromatic nitrogens is 3. The Morgan fingerprint density at radius 2 is 1.82 bits per heavy atom. The first kappa shape index (κ1) is 17.8. The van der Waals surface area contributed by atoms with E-state index in [4.69, 9.17) is 16.9 Å². The van der Waals surface area contributed by atoms with E-state index in [-0.39, 0.29) is 22.6 Å². The van der Waals surface area contributed by atoms with Crippen LogP contribution in [0.3, 0.4) is 0 Å². The van der Waals surface area contributed by atoms with Crippen LogP contribution < -0.4 is 5.43 Å². The number of rotatable bonds is 2. The van der Waals surface area contributed by atoms with Crippen LogP contribution >= 0.6 is 11.6 Å². The SMILES string of the molecule is Cc1cc(-c2cc3c(=O)cc(C#N)[nH]c3nc2-c2ccc(F)cc2)cc(Cl)n1. The fourth-order valence-electron chi connectivity index (χ4n) is 3.06. The number of hydrogen-bond donors (Lipinski definition) is 1. The quantitative estimate of drug-likeness (QED) is 0.506. The maximum Gasteiger partial charge on any atom is 0.192 e. The van der Waals surface area contributed by atoms with Crippen molar-refractivity contribution < 1.29 is 4.39 Å². The Kier molecular flexibility index (Phi) is 4.38. The van der Waals surface area contributed by atoms with Crippen molar-refractivity contribution in [3.05, 3.63) is 81.1 Å². The first-order chi connectivity index (χ1) is 13.4. The Bertz CT molecular complexity index is 1300. The molecule has 4 aromatic rings. The minimum Gasteiger partial charge on any atom is -0.331 e. The van der Waals surface area contributed by atoms with Gasteiger partial charge >= 0.3 is 0 Å². The molecule has 0 unspecified atom stereocenters. The highest BCUT2D eigenvalue weighted by atomic mass is 35.5. The Balaban J connectivity index is 2.09. The van der Waals surface area contributed by atoms with Crippen molar-refractivity contribution in [3.63, 3.8) is 0 Å². The summed E-state index contributed by atoms with van der Waals surface area (Å²) in [5.74, 6) is -0.367. The van der Waals surface area contributed by atoms with Crippen molar-refractivity contribution in [1.82, 2.24) is 15.0 Å². The van der Waals surface area contributed by atoms with Gasteiger partial charge in [0.05, 0.1) is 11.1 Å².